The number of ether oxygens (including phenoxy) is 1. The number of aromatic nitrogens is 3. The molecule has 0 saturated heterocycles. The van der Waals surface area contributed by atoms with Gasteiger partial charge in [0.25, 0.3) is 0 Å². The van der Waals surface area contributed by atoms with Crippen LogP contribution in [0.3, 0.4) is 0 Å². The molecule has 3 aromatic rings. The van der Waals surface area contributed by atoms with E-state index in [1.165, 1.54) is 0 Å². The van der Waals surface area contributed by atoms with Crippen LogP contribution in [0.1, 0.15) is 28.7 Å². The summed E-state index contributed by atoms with van der Waals surface area (Å²) in [6.07, 6.45) is 1.42. The minimum Gasteiger partial charge on any atom is -0.489 e. The topological polar surface area (TPSA) is 57.0 Å². The van der Waals surface area contributed by atoms with Crippen molar-refractivity contribution in [3.05, 3.63) is 71.5 Å². The van der Waals surface area contributed by atoms with Gasteiger partial charge in [-0.2, -0.15) is 0 Å². The van der Waals surface area contributed by atoms with Gasteiger partial charge in [-0.15, -0.1) is 5.10 Å². The first kappa shape index (κ1) is 15.0. The molecule has 0 fully saturated rings. The Morgan fingerprint density at radius 2 is 1.83 bits per heavy atom. The molecule has 0 N–H and O–H groups in total. The average Bonchev–Trinajstić information content (AvgIpc) is 3.04. The third-order valence-corrected chi connectivity index (χ3v) is 3.57. The Labute approximate surface area is 134 Å². The Morgan fingerprint density at radius 1 is 1.09 bits per heavy atom. The second-order valence-corrected chi connectivity index (χ2v) is 5.07. The van der Waals surface area contributed by atoms with Gasteiger partial charge in [-0.25, -0.2) is 4.68 Å². The quantitative estimate of drug-likeness (QED) is 0.656. The zero-order valence-corrected chi connectivity index (χ0v) is 12.8. The van der Waals surface area contributed by atoms with E-state index in [0.29, 0.717) is 18.7 Å². The number of carbonyl (C=O) groups is 1. The summed E-state index contributed by atoms with van der Waals surface area (Å²) in [6, 6.07) is 17.6. The zero-order valence-electron chi connectivity index (χ0n) is 12.8. The molecule has 3 rings (SSSR count). The lowest BCUT2D eigenvalue weighted by Crippen LogP contribution is -2.03. The molecule has 0 spiro atoms. The van der Waals surface area contributed by atoms with Crippen molar-refractivity contribution in [2.24, 2.45) is 0 Å². The van der Waals surface area contributed by atoms with E-state index in [2.05, 4.69) is 10.3 Å². The Kier molecular flexibility index (Phi) is 4.47. The summed E-state index contributed by atoms with van der Waals surface area (Å²) in [5, 5.41) is 7.94. The van der Waals surface area contributed by atoms with Gasteiger partial charge in [0.05, 0.1) is 11.4 Å². The van der Waals surface area contributed by atoms with E-state index in [9.17, 15) is 4.79 Å². The van der Waals surface area contributed by atoms with Crippen LogP contribution in [0, 0.1) is 0 Å². The summed E-state index contributed by atoms with van der Waals surface area (Å²) in [6.45, 7) is 2.50. The van der Waals surface area contributed by atoms with Crippen LogP contribution >= 0.6 is 0 Å². The fourth-order valence-corrected chi connectivity index (χ4v) is 2.37. The van der Waals surface area contributed by atoms with E-state index >= 15 is 0 Å². The fraction of sp³-hybridized carbons (Fsp3) is 0.167. The summed E-state index contributed by atoms with van der Waals surface area (Å²) < 4.78 is 7.45. The van der Waals surface area contributed by atoms with Gasteiger partial charge in [-0.1, -0.05) is 42.5 Å². The molecule has 23 heavy (non-hydrogen) atoms. The Balaban J connectivity index is 1.74. The van der Waals surface area contributed by atoms with Gasteiger partial charge in [-0.05, 0) is 36.2 Å². The Morgan fingerprint density at radius 3 is 2.48 bits per heavy atom. The first-order valence-electron chi connectivity index (χ1n) is 7.48. The maximum Gasteiger partial charge on any atom is 0.172 e. The fourth-order valence-electron chi connectivity index (χ4n) is 2.37. The molecule has 0 saturated carbocycles. The van der Waals surface area contributed by atoms with Crippen LogP contribution in [0.2, 0.25) is 0 Å². The first-order chi connectivity index (χ1) is 11.3. The lowest BCUT2D eigenvalue weighted by molar-refractivity contribution is 0.111. The number of hydrogen-bond acceptors (Lipinski definition) is 4. The first-order valence-corrected chi connectivity index (χ1v) is 7.48. The van der Waals surface area contributed by atoms with Crippen molar-refractivity contribution >= 4 is 6.29 Å². The average molecular weight is 307 g/mol. The summed E-state index contributed by atoms with van der Waals surface area (Å²) in [5.74, 6) is 0.784. The van der Waals surface area contributed by atoms with Crippen molar-refractivity contribution in [2.75, 3.05) is 0 Å². The van der Waals surface area contributed by atoms with E-state index in [-0.39, 0.29) is 0 Å². The molecule has 116 valence electrons. The zero-order chi connectivity index (χ0) is 16.1. The second-order valence-electron chi connectivity index (χ2n) is 5.07. The standard InChI is InChI=1S/C18H17N3O2/c1-2-18-17(12-22)19-20-21(18)15-8-10-16(11-9-15)23-13-14-6-4-3-5-7-14/h3-12H,2,13H2,1H3. The predicted octanol–water partition coefficient (Wildman–Crippen LogP) is 3.22. The van der Waals surface area contributed by atoms with Gasteiger partial charge >= 0.3 is 0 Å². The molecule has 0 amide bonds. The van der Waals surface area contributed by atoms with Crippen molar-refractivity contribution in [1.29, 1.82) is 0 Å². The molecule has 5 heteroatoms. The van der Waals surface area contributed by atoms with Gasteiger partial charge in [0.1, 0.15) is 18.1 Å². The van der Waals surface area contributed by atoms with Crippen molar-refractivity contribution in [1.82, 2.24) is 15.0 Å². The van der Waals surface area contributed by atoms with Crippen molar-refractivity contribution < 1.29 is 9.53 Å². The molecule has 1 heterocycles. The van der Waals surface area contributed by atoms with Gasteiger partial charge in [-0.3, -0.25) is 4.79 Å². The maximum absolute atomic E-state index is 11.0. The molecule has 0 unspecified atom stereocenters. The van der Waals surface area contributed by atoms with E-state index < -0.39 is 0 Å². The monoisotopic (exact) mass is 307 g/mol. The molecular formula is C18H17N3O2. The summed E-state index contributed by atoms with van der Waals surface area (Å²) in [4.78, 5) is 11.0. The Hall–Kier alpha value is -2.95. The number of nitrogens with zero attached hydrogens (tertiary/aromatic N) is 3. The largest absolute Gasteiger partial charge is 0.489 e. The lowest BCUT2D eigenvalue weighted by Gasteiger charge is -2.08. The highest BCUT2D eigenvalue weighted by molar-refractivity contribution is 5.73. The SMILES string of the molecule is CCc1c(C=O)nnn1-c1ccc(OCc2ccccc2)cc1. The second kappa shape index (κ2) is 6.87. The lowest BCUT2D eigenvalue weighted by atomic mass is 10.2. The smallest absolute Gasteiger partial charge is 0.172 e. The highest BCUT2D eigenvalue weighted by Gasteiger charge is 2.11. The van der Waals surface area contributed by atoms with Crippen LogP contribution in [0.4, 0.5) is 0 Å². The van der Waals surface area contributed by atoms with E-state index in [4.69, 9.17) is 4.74 Å². The van der Waals surface area contributed by atoms with Crippen LogP contribution < -0.4 is 4.74 Å². The molecule has 0 aliphatic rings. The third-order valence-electron chi connectivity index (χ3n) is 3.57. The molecule has 1 aromatic heterocycles. The third kappa shape index (κ3) is 3.29. The van der Waals surface area contributed by atoms with Crippen molar-refractivity contribution in [2.45, 2.75) is 20.0 Å². The van der Waals surface area contributed by atoms with Crippen LogP contribution in [-0.4, -0.2) is 21.3 Å². The van der Waals surface area contributed by atoms with E-state index in [0.717, 1.165) is 29.0 Å². The molecule has 0 bridgehead atoms. The highest BCUT2D eigenvalue weighted by atomic mass is 16.5. The maximum atomic E-state index is 11.0. The Bertz CT molecular complexity index is 780. The number of hydrogen-bond donors (Lipinski definition) is 0. The molecule has 0 radical (unpaired) electrons. The molecular weight excluding hydrogens is 290 g/mol. The summed E-state index contributed by atoms with van der Waals surface area (Å²) in [5.41, 5.74) is 3.17. The van der Waals surface area contributed by atoms with Gasteiger partial charge in [0.2, 0.25) is 0 Å². The minimum atomic E-state index is 0.386. The molecule has 2 aromatic carbocycles. The molecule has 0 aliphatic heterocycles. The summed E-state index contributed by atoms with van der Waals surface area (Å²) in [7, 11) is 0. The highest BCUT2D eigenvalue weighted by Crippen LogP contribution is 2.18. The number of aldehydes is 1. The van der Waals surface area contributed by atoms with Gasteiger partial charge < -0.3 is 4.74 Å². The van der Waals surface area contributed by atoms with Crippen molar-refractivity contribution in [3.63, 3.8) is 0 Å². The van der Waals surface area contributed by atoms with E-state index in [1.54, 1.807) is 4.68 Å². The van der Waals surface area contributed by atoms with Gasteiger partial charge in [0.15, 0.2) is 6.29 Å². The minimum absolute atomic E-state index is 0.386. The number of rotatable bonds is 6. The predicted molar refractivity (Wildman–Crippen MR) is 86.9 cm³/mol. The summed E-state index contributed by atoms with van der Waals surface area (Å²) >= 11 is 0. The van der Waals surface area contributed by atoms with E-state index in [1.807, 2.05) is 61.5 Å². The molecule has 0 aliphatic carbocycles. The molecule has 0 atom stereocenters. The number of benzene rings is 2. The van der Waals surface area contributed by atoms with Gasteiger partial charge in [0, 0.05) is 0 Å². The molecule has 5 nitrogen and oxygen atoms in total. The van der Waals surface area contributed by atoms with Crippen LogP contribution in [0.25, 0.3) is 5.69 Å². The van der Waals surface area contributed by atoms with Crippen molar-refractivity contribution in [3.8, 4) is 11.4 Å². The number of carbonyl (C=O) groups excluding carboxylic acids is 1. The van der Waals surface area contributed by atoms with Crippen LogP contribution in [0.15, 0.2) is 54.6 Å². The normalized spacial score (nSPS) is 10.5. The van der Waals surface area contributed by atoms with Crippen LogP contribution in [-0.2, 0) is 13.0 Å². The van der Waals surface area contributed by atoms with Crippen LogP contribution in [0.5, 0.6) is 5.75 Å².